The summed E-state index contributed by atoms with van der Waals surface area (Å²) in [7, 11) is 3.89. The fourth-order valence-electron chi connectivity index (χ4n) is 4.68. The van der Waals surface area contributed by atoms with E-state index in [0.29, 0.717) is 12.5 Å². The summed E-state index contributed by atoms with van der Waals surface area (Å²) < 4.78 is 0. The number of hydrogen-bond acceptors (Lipinski definition) is 8. The number of likely N-dealkylation sites (N-methyl/N-ethyl adjacent to an activating group) is 1. The molecule has 0 aliphatic carbocycles. The molecule has 0 saturated carbocycles. The summed E-state index contributed by atoms with van der Waals surface area (Å²) in [4.78, 5) is 27.6. The van der Waals surface area contributed by atoms with Gasteiger partial charge in [0.25, 0.3) is 0 Å². The van der Waals surface area contributed by atoms with E-state index in [1.54, 1.807) is 11.3 Å². The van der Waals surface area contributed by atoms with Crippen LogP contribution in [0.5, 0.6) is 0 Å². The zero-order valence-electron chi connectivity index (χ0n) is 20.1. The number of nitrogens with zero attached hydrogens (tertiary/aromatic N) is 5. The molecule has 0 spiro atoms. The number of carbonyl (C=O) groups excluding carboxylic acids is 1. The SMILES string of the molecule is CC[C@@H]1C[C@@H](Nc2nc(Nc3cc(C)[nH]n3)c3ccsc3n2)C[C@H](CC)N1C(=O)CN(C)C. The highest BCUT2D eigenvalue weighted by atomic mass is 32.1. The average Bonchev–Trinajstić information content (AvgIpc) is 3.41. The van der Waals surface area contributed by atoms with Crippen LogP contribution in [0.15, 0.2) is 17.5 Å². The Hall–Kier alpha value is -2.72. The van der Waals surface area contributed by atoms with Crippen molar-refractivity contribution in [2.45, 2.75) is 64.6 Å². The van der Waals surface area contributed by atoms with Crippen molar-refractivity contribution >= 4 is 45.0 Å². The van der Waals surface area contributed by atoms with Gasteiger partial charge in [-0.25, -0.2) is 4.98 Å². The quantitative estimate of drug-likeness (QED) is 0.457. The van der Waals surface area contributed by atoms with Gasteiger partial charge in [0.1, 0.15) is 10.6 Å². The number of anilines is 3. The van der Waals surface area contributed by atoms with Gasteiger partial charge in [0.05, 0.1) is 11.9 Å². The molecule has 1 aliphatic rings. The van der Waals surface area contributed by atoms with E-state index < -0.39 is 0 Å². The van der Waals surface area contributed by atoms with Crippen LogP contribution in [0.25, 0.3) is 10.2 Å². The van der Waals surface area contributed by atoms with Gasteiger partial charge in [0, 0.05) is 29.9 Å². The number of amides is 1. The maximum absolute atomic E-state index is 13.0. The molecule has 178 valence electrons. The number of fused-ring (bicyclic) bond motifs is 1. The molecule has 1 saturated heterocycles. The smallest absolute Gasteiger partial charge is 0.237 e. The van der Waals surface area contributed by atoms with Crippen LogP contribution in [-0.4, -0.2) is 74.6 Å². The Bertz CT molecular complexity index is 1080. The Morgan fingerprint density at radius 1 is 1.24 bits per heavy atom. The van der Waals surface area contributed by atoms with Crippen molar-refractivity contribution in [3.05, 3.63) is 23.2 Å². The fraction of sp³-hybridized carbons (Fsp3) is 0.565. The first kappa shape index (κ1) is 23.4. The monoisotopic (exact) mass is 470 g/mol. The topological polar surface area (TPSA) is 102 Å². The van der Waals surface area contributed by atoms with Gasteiger partial charge in [-0.2, -0.15) is 10.1 Å². The molecule has 3 aromatic rings. The van der Waals surface area contributed by atoms with Crippen molar-refractivity contribution in [2.75, 3.05) is 31.3 Å². The van der Waals surface area contributed by atoms with Crippen LogP contribution >= 0.6 is 11.3 Å². The number of thiophene rings is 1. The first-order chi connectivity index (χ1) is 15.9. The lowest BCUT2D eigenvalue weighted by Crippen LogP contribution is -2.56. The Kier molecular flexibility index (Phi) is 7.14. The number of rotatable bonds is 8. The van der Waals surface area contributed by atoms with Crippen molar-refractivity contribution in [1.82, 2.24) is 30.0 Å². The predicted molar refractivity (Wildman–Crippen MR) is 134 cm³/mol. The molecule has 0 radical (unpaired) electrons. The lowest BCUT2D eigenvalue weighted by molar-refractivity contribution is -0.139. The van der Waals surface area contributed by atoms with Gasteiger partial charge in [0.15, 0.2) is 5.82 Å². The van der Waals surface area contributed by atoms with E-state index in [2.05, 4.69) is 39.6 Å². The normalized spacial score (nSPS) is 21.0. The molecule has 4 rings (SSSR count). The summed E-state index contributed by atoms with van der Waals surface area (Å²) in [5.74, 6) is 2.30. The van der Waals surface area contributed by atoms with Crippen LogP contribution in [0, 0.1) is 6.92 Å². The van der Waals surface area contributed by atoms with Gasteiger partial charge in [-0.3, -0.25) is 9.89 Å². The molecule has 33 heavy (non-hydrogen) atoms. The highest BCUT2D eigenvalue weighted by molar-refractivity contribution is 7.16. The highest BCUT2D eigenvalue weighted by Crippen LogP contribution is 2.32. The third-order valence-corrected chi connectivity index (χ3v) is 7.00. The number of likely N-dealkylation sites (tertiary alicyclic amines) is 1. The minimum atomic E-state index is 0.209. The van der Waals surface area contributed by atoms with Gasteiger partial charge in [-0.15, -0.1) is 11.3 Å². The van der Waals surface area contributed by atoms with Crippen LogP contribution in [0.2, 0.25) is 0 Å². The fourth-order valence-corrected chi connectivity index (χ4v) is 5.45. The molecule has 3 N–H and O–H groups in total. The minimum absolute atomic E-state index is 0.209. The van der Waals surface area contributed by atoms with Crippen LogP contribution in [0.3, 0.4) is 0 Å². The van der Waals surface area contributed by atoms with Gasteiger partial charge >= 0.3 is 0 Å². The Morgan fingerprint density at radius 2 is 1.97 bits per heavy atom. The average molecular weight is 471 g/mol. The Labute approximate surface area is 199 Å². The Morgan fingerprint density at radius 3 is 2.58 bits per heavy atom. The summed E-state index contributed by atoms with van der Waals surface area (Å²) in [5, 5.41) is 17.2. The maximum atomic E-state index is 13.0. The number of aryl methyl sites for hydroxylation is 1. The van der Waals surface area contributed by atoms with Gasteiger partial charge in [-0.05, 0) is 58.1 Å². The number of H-pyrrole nitrogens is 1. The molecule has 4 heterocycles. The van der Waals surface area contributed by atoms with Crippen LogP contribution in [-0.2, 0) is 4.79 Å². The molecule has 0 unspecified atom stereocenters. The first-order valence-corrected chi connectivity index (χ1v) is 12.5. The van der Waals surface area contributed by atoms with E-state index in [4.69, 9.17) is 9.97 Å². The van der Waals surface area contributed by atoms with Gasteiger partial charge in [-0.1, -0.05) is 13.8 Å². The third kappa shape index (κ3) is 5.27. The number of aromatic amines is 1. The zero-order chi connectivity index (χ0) is 23.5. The second-order valence-electron chi connectivity index (χ2n) is 9.07. The third-order valence-electron chi connectivity index (χ3n) is 6.19. The van der Waals surface area contributed by atoms with Crippen LogP contribution in [0.4, 0.5) is 17.6 Å². The summed E-state index contributed by atoms with van der Waals surface area (Å²) in [6.07, 6.45) is 3.65. The van der Waals surface area contributed by atoms with Crippen molar-refractivity contribution in [1.29, 1.82) is 0 Å². The molecule has 3 atom stereocenters. The highest BCUT2D eigenvalue weighted by Gasteiger charge is 2.37. The number of hydrogen-bond donors (Lipinski definition) is 3. The summed E-state index contributed by atoms with van der Waals surface area (Å²) in [6, 6.07) is 4.61. The molecule has 10 heteroatoms. The predicted octanol–water partition coefficient (Wildman–Crippen LogP) is 3.99. The van der Waals surface area contributed by atoms with E-state index in [-0.39, 0.29) is 24.0 Å². The molecule has 1 amide bonds. The first-order valence-electron chi connectivity index (χ1n) is 11.6. The second kappa shape index (κ2) is 10.0. The second-order valence-corrected chi connectivity index (χ2v) is 9.97. The molecular weight excluding hydrogens is 436 g/mol. The maximum Gasteiger partial charge on any atom is 0.237 e. The molecule has 0 bridgehead atoms. The van der Waals surface area contributed by atoms with E-state index in [1.807, 2.05) is 43.4 Å². The summed E-state index contributed by atoms with van der Waals surface area (Å²) in [5.41, 5.74) is 0.984. The lowest BCUT2D eigenvalue weighted by Gasteiger charge is -2.45. The molecule has 1 aliphatic heterocycles. The molecule has 3 aromatic heterocycles. The number of aromatic nitrogens is 4. The number of nitrogens with one attached hydrogen (secondary N) is 3. The van der Waals surface area contributed by atoms with Crippen LogP contribution < -0.4 is 10.6 Å². The van der Waals surface area contributed by atoms with E-state index in [0.717, 1.165) is 53.2 Å². The minimum Gasteiger partial charge on any atom is -0.351 e. The van der Waals surface area contributed by atoms with Crippen molar-refractivity contribution in [2.24, 2.45) is 0 Å². The van der Waals surface area contributed by atoms with E-state index in [9.17, 15) is 4.79 Å². The standard InChI is InChI=1S/C23H34N8OS/c1-6-16-11-15(12-17(7-2)31(16)20(32)13-30(4)5)24-23-26-21(18-8-9-33-22(18)27-23)25-19-10-14(3)28-29-19/h8-10,15-17H,6-7,11-13H2,1-5H3,(H3,24,25,26,27,28,29)/t15-,16-,17+. The van der Waals surface area contributed by atoms with E-state index in [1.165, 1.54) is 0 Å². The summed E-state index contributed by atoms with van der Waals surface area (Å²) in [6.45, 7) is 6.75. The van der Waals surface area contributed by atoms with Gasteiger partial charge < -0.3 is 20.4 Å². The van der Waals surface area contributed by atoms with Crippen molar-refractivity contribution < 1.29 is 4.79 Å². The van der Waals surface area contributed by atoms with E-state index >= 15 is 0 Å². The number of carbonyl (C=O) groups is 1. The largest absolute Gasteiger partial charge is 0.351 e. The molecular formula is C23H34N8OS. The summed E-state index contributed by atoms with van der Waals surface area (Å²) >= 11 is 1.60. The molecule has 1 fully saturated rings. The molecule has 9 nitrogen and oxygen atoms in total. The lowest BCUT2D eigenvalue weighted by atomic mass is 9.88. The van der Waals surface area contributed by atoms with Crippen molar-refractivity contribution in [3.63, 3.8) is 0 Å². The van der Waals surface area contributed by atoms with Crippen LogP contribution in [0.1, 0.15) is 45.2 Å². The van der Waals surface area contributed by atoms with Crippen molar-refractivity contribution in [3.8, 4) is 0 Å². The number of piperidine rings is 1. The molecule has 0 aromatic carbocycles. The van der Waals surface area contributed by atoms with Gasteiger partial charge in [0.2, 0.25) is 11.9 Å². The zero-order valence-corrected chi connectivity index (χ0v) is 20.9. The Balaban J connectivity index is 1.55.